The minimum absolute atomic E-state index is 0. The molecule has 0 fully saturated rings. The van der Waals surface area contributed by atoms with Crippen molar-refractivity contribution in [1.82, 2.24) is 9.97 Å². The van der Waals surface area contributed by atoms with Gasteiger partial charge in [0.15, 0.2) is 0 Å². The van der Waals surface area contributed by atoms with Gasteiger partial charge in [0, 0.05) is 43.9 Å². The van der Waals surface area contributed by atoms with Crippen LogP contribution in [0.4, 0.5) is 17.2 Å². The predicted octanol–water partition coefficient (Wildman–Crippen LogP) is 8.06. The molecule has 38 heavy (non-hydrogen) atoms. The molecule has 5 heteroatoms. The van der Waals surface area contributed by atoms with Crippen LogP contribution in [0, 0.1) is 6.07 Å². The summed E-state index contributed by atoms with van der Waals surface area (Å²) in [5, 5.41) is 13.9. The van der Waals surface area contributed by atoms with Crippen molar-refractivity contribution in [3.8, 4) is 17.0 Å². The van der Waals surface area contributed by atoms with Crippen molar-refractivity contribution in [1.29, 1.82) is 0 Å². The molecular weight excluding hydrogens is 649 g/mol. The normalized spacial score (nSPS) is 13.1. The van der Waals surface area contributed by atoms with Gasteiger partial charge in [-0.15, -0.1) is 29.0 Å². The second-order valence-electron chi connectivity index (χ2n) is 10.0. The van der Waals surface area contributed by atoms with Gasteiger partial charge in [0.25, 0.3) is 0 Å². The maximum absolute atomic E-state index is 10.8. The molecule has 0 bridgehead atoms. The predicted molar refractivity (Wildman–Crippen MR) is 150 cm³/mol. The van der Waals surface area contributed by atoms with Gasteiger partial charge in [-0.2, -0.15) is 0 Å². The van der Waals surface area contributed by atoms with E-state index in [9.17, 15) is 5.11 Å². The van der Waals surface area contributed by atoms with E-state index in [4.69, 9.17) is 4.98 Å². The van der Waals surface area contributed by atoms with Crippen LogP contribution in [0.1, 0.15) is 25.0 Å². The maximum Gasteiger partial charge on any atom is 0.136 e. The number of fused-ring (bicyclic) bond motifs is 6. The summed E-state index contributed by atoms with van der Waals surface area (Å²) in [5.41, 5.74) is 6.43. The molecule has 1 N–H and O–H groups in total. The van der Waals surface area contributed by atoms with Gasteiger partial charge in [0.2, 0.25) is 0 Å². The molecule has 0 radical (unpaired) electrons. The number of rotatable bonds is 3. The molecule has 188 valence electrons. The second-order valence-corrected chi connectivity index (χ2v) is 10.0. The van der Waals surface area contributed by atoms with E-state index in [2.05, 4.69) is 78.3 Å². The SMILES string of the molecule is CC1(C)c2cc3ccc4ccc(N(c5ccccc5)c5ccccn5)[c-]c4c3nc2-c2c(O)cccc21.[Pt]. The average molecular weight is 674 g/mol. The Balaban J connectivity index is 0.00000264. The van der Waals surface area contributed by atoms with Crippen molar-refractivity contribution in [2.75, 3.05) is 4.90 Å². The zero-order chi connectivity index (χ0) is 25.1. The van der Waals surface area contributed by atoms with Crippen molar-refractivity contribution in [2.45, 2.75) is 19.3 Å². The van der Waals surface area contributed by atoms with Gasteiger partial charge in [0.05, 0.1) is 5.69 Å². The fourth-order valence-corrected chi connectivity index (χ4v) is 5.57. The molecule has 0 spiro atoms. The van der Waals surface area contributed by atoms with Crippen LogP contribution in [0.2, 0.25) is 0 Å². The Bertz CT molecular complexity index is 1780. The minimum atomic E-state index is -0.242. The van der Waals surface area contributed by atoms with Crippen LogP contribution in [-0.2, 0) is 26.5 Å². The van der Waals surface area contributed by atoms with E-state index in [1.807, 2.05) is 42.5 Å². The van der Waals surface area contributed by atoms with Crippen LogP contribution >= 0.6 is 0 Å². The maximum atomic E-state index is 10.8. The third kappa shape index (κ3) is 3.63. The van der Waals surface area contributed by atoms with Gasteiger partial charge in [-0.25, -0.2) is 4.98 Å². The third-order valence-corrected chi connectivity index (χ3v) is 7.45. The topological polar surface area (TPSA) is 49.2 Å². The number of pyridine rings is 2. The first-order valence-corrected chi connectivity index (χ1v) is 12.4. The molecular formula is C33H24N3OPt-. The summed E-state index contributed by atoms with van der Waals surface area (Å²) in [7, 11) is 0. The van der Waals surface area contributed by atoms with Crippen molar-refractivity contribution in [3.63, 3.8) is 0 Å². The molecule has 4 nitrogen and oxygen atoms in total. The van der Waals surface area contributed by atoms with Gasteiger partial charge in [-0.3, -0.25) is 4.98 Å². The first-order chi connectivity index (χ1) is 18.0. The number of phenolic OH excluding ortho intramolecular Hbond substituents is 1. The van der Waals surface area contributed by atoms with E-state index in [1.165, 1.54) is 0 Å². The zero-order valence-electron chi connectivity index (χ0n) is 20.9. The van der Waals surface area contributed by atoms with Crippen LogP contribution in [-0.4, -0.2) is 15.1 Å². The van der Waals surface area contributed by atoms with Crippen molar-refractivity contribution >= 4 is 38.9 Å². The summed E-state index contributed by atoms with van der Waals surface area (Å²) in [6.45, 7) is 4.39. The fourth-order valence-electron chi connectivity index (χ4n) is 5.57. The number of nitrogens with zero attached hydrogens (tertiary/aromatic N) is 3. The standard InChI is InChI=1S/C33H24N3O.Pt/c1-33(2)26-11-8-12-28(37)30(26)32-27(33)19-22-15-14-21-16-17-24(20-25(21)31(22)35-32)36(23-9-4-3-5-10-23)29-13-6-7-18-34-29;/h3-19,37H,1-2H3;/q-1;. The molecule has 0 unspecified atom stereocenters. The second kappa shape index (κ2) is 9.08. The number of anilines is 3. The minimum Gasteiger partial charge on any atom is -0.507 e. The van der Waals surface area contributed by atoms with E-state index < -0.39 is 0 Å². The number of hydrogen-bond acceptors (Lipinski definition) is 4. The van der Waals surface area contributed by atoms with Crippen molar-refractivity contribution < 1.29 is 26.2 Å². The Morgan fingerprint density at radius 2 is 1.55 bits per heavy atom. The smallest absolute Gasteiger partial charge is 0.136 e. The molecule has 2 heterocycles. The van der Waals surface area contributed by atoms with Gasteiger partial charge in [0.1, 0.15) is 11.6 Å². The number of para-hydroxylation sites is 1. The quantitative estimate of drug-likeness (QED) is 0.153. The summed E-state index contributed by atoms with van der Waals surface area (Å²) >= 11 is 0. The molecule has 1 aliphatic carbocycles. The Morgan fingerprint density at radius 1 is 0.789 bits per heavy atom. The summed E-state index contributed by atoms with van der Waals surface area (Å²) < 4.78 is 0. The third-order valence-electron chi connectivity index (χ3n) is 7.45. The Labute approximate surface area is 235 Å². The fraction of sp³-hybridized carbons (Fsp3) is 0.0909. The molecule has 0 saturated heterocycles. The molecule has 6 aromatic rings. The van der Waals surface area contributed by atoms with E-state index in [-0.39, 0.29) is 32.2 Å². The molecule has 0 amide bonds. The first kappa shape index (κ1) is 24.3. The van der Waals surface area contributed by atoms with Crippen LogP contribution in [0.3, 0.4) is 0 Å². The molecule has 7 rings (SSSR count). The van der Waals surface area contributed by atoms with E-state index in [0.29, 0.717) is 0 Å². The van der Waals surface area contributed by atoms with Gasteiger partial charge in [-0.05, 0) is 58.0 Å². The van der Waals surface area contributed by atoms with Crippen molar-refractivity contribution in [3.05, 3.63) is 120 Å². The molecule has 0 atom stereocenters. The number of aromatic hydroxyl groups is 1. The van der Waals surface area contributed by atoms with Crippen LogP contribution in [0.15, 0.2) is 103 Å². The summed E-state index contributed by atoms with van der Waals surface area (Å²) in [5.74, 6) is 1.09. The Morgan fingerprint density at radius 3 is 2.34 bits per heavy atom. The molecule has 2 aromatic heterocycles. The summed E-state index contributed by atoms with van der Waals surface area (Å²) in [6.07, 6.45) is 1.80. The van der Waals surface area contributed by atoms with Crippen LogP contribution in [0.25, 0.3) is 32.9 Å². The number of benzene rings is 4. The molecule has 0 saturated carbocycles. The number of phenols is 1. The Hall–Kier alpha value is -4.01. The van der Waals surface area contributed by atoms with Gasteiger partial charge < -0.3 is 10.0 Å². The Kier molecular flexibility index (Phi) is 5.81. The monoisotopic (exact) mass is 673 g/mol. The number of aromatic nitrogens is 2. The van der Waals surface area contributed by atoms with E-state index in [0.717, 1.165) is 61.3 Å². The molecule has 1 aliphatic rings. The van der Waals surface area contributed by atoms with Crippen molar-refractivity contribution in [2.24, 2.45) is 0 Å². The van der Waals surface area contributed by atoms with Gasteiger partial charge in [-0.1, -0.05) is 68.4 Å². The first-order valence-electron chi connectivity index (χ1n) is 12.4. The largest absolute Gasteiger partial charge is 0.507 e. The van der Waals surface area contributed by atoms with Gasteiger partial charge >= 0.3 is 0 Å². The average Bonchev–Trinajstić information content (AvgIpc) is 3.16. The van der Waals surface area contributed by atoms with E-state index in [1.54, 1.807) is 12.3 Å². The summed E-state index contributed by atoms with van der Waals surface area (Å²) in [6, 6.07) is 36.2. The van der Waals surface area contributed by atoms with Crippen LogP contribution in [0.5, 0.6) is 5.75 Å². The zero-order valence-corrected chi connectivity index (χ0v) is 23.2. The molecule has 0 aliphatic heterocycles. The number of hydrogen-bond donors (Lipinski definition) is 1. The molecule has 4 aromatic carbocycles. The summed E-state index contributed by atoms with van der Waals surface area (Å²) in [4.78, 5) is 11.9. The van der Waals surface area contributed by atoms with Crippen LogP contribution < -0.4 is 4.90 Å². The van der Waals surface area contributed by atoms with E-state index >= 15 is 0 Å².